The standard InChI is InChI=1S/C17H21ClN4O2/c1-21-17(23)16(18)15(11-19-21)20-12-7-9-22(10-8-12)13-3-5-14(24-2)6-4-13/h3-6,11-12,20H,7-10H2,1-2H3. The number of nitrogens with one attached hydrogen (secondary N) is 1. The van der Waals surface area contributed by atoms with Crippen LogP contribution in [0.1, 0.15) is 12.8 Å². The first-order valence-corrected chi connectivity index (χ1v) is 8.33. The summed E-state index contributed by atoms with van der Waals surface area (Å²) in [5.74, 6) is 0.864. The van der Waals surface area contributed by atoms with E-state index in [-0.39, 0.29) is 16.6 Å². The van der Waals surface area contributed by atoms with E-state index in [0.29, 0.717) is 5.69 Å². The summed E-state index contributed by atoms with van der Waals surface area (Å²) >= 11 is 6.11. The quantitative estimate of drug-likeness (QED) is 0.920. The van der Waals surface area contributed by atoms with Gasteiger partial charge in [0, 0.05) is 31.9 Å². The van der Waals surface area contributed by atoms with Crippen molar-refractivity contribution in [3.05, 3.63) is 45.8 Å². The average molecular weight is 349 g/mol. The fourth-order valence-electron chi connectivity index (χ4n) is 2.91. The summed E-state index contributed by atoms with van der Waals surface area (Å²) in [5, 5.41) is 7.57. The summed E-state index contributed by atoms with van der Waals surface area (Å²) in [6.45, 7) is 1.89. The molecule has 1 saturated heterocycles. The smallest absolute Gasteiger partial charge is 0.287 e. The summed E-state index contributed by atoms with van der Waals surface area (Å²) in [6.07, 6.45) is 3.55. The zero-order valence-corrected chi connectivity index (χ0v) is 14.6. The number of aryl methyl sites for hydroxylation is 1. The normalized spacial score (nSPS) is 15.4. The number of rotatable bonds is 4. The SMILES string of the molecule is COc1ccc(N2CCC(Nc3cnn(C)c(=O)c3Cl)CC2)cc1. The maximum Gasteiger partial charge on any atom is 0.287 e. The van der Waals surface area contributed by atoms with Crippen molar-refractivity contribution in [1.29, 1.82) is 0 Å². The molecule has 0 amide bonds. The molecule has 0 spiro atoms. The number of halogens is 1. The van der Waals surface area contributed by atoms with Gasteiger partial charge in [-0.2, -0.15) is 5.10 Å². The predicted molar refractivity (Wildman–Crippen MR) is 96.3 cm³/mol. The highest BCUT2D eigenvalue weighted by Gasteiger charge is 2.20. The van der Waals surface area contributed by atoms with Crippen LogP contribution in [0, 0.1) is 0 Å². The van der Waals surface area contributed by atoms with Crippen LogP contribution in [0.3, 0.4) is 0 Å². The second-order valence-corrected chi connectivity index (χ2v) is 6.28. The van der Waals surface area contributed by atoms with E-state index < -0.39 is 0 Å². The van der Waals surface area contributed by atoms with Crippen molar-refractivity contribution in [3.8, 4) is 5.75 Å². The molecule has 128 valence electrons. The minimum atomic E-state index is -0.280. The van der Waals surface area contributed by atoms with Crippen molar-refractivity contribution >= 4 is 23.0 Å². The number of anilines is 2. The van der Waals surface area contributed by atoms with E-state index in [9.17, 15) is 4.79 Å². The van der Waals surface area contributed by atoms with Crippen LogP contribution in [0.2, 0.25) is 5.02 Å². The Morgan fingerprint density at radius 1 is 1.25 bits per heavy atom. The van der Waals surface area contributed by atoms with Gasteiger partial charge < -0.3 is 15.0 Å². The van der Waals surface area contributed by atoms with E-state index in [1.54, 1.807) is 20.4 Å². The second-order valence-electron chi connectivity index (χ2n) is 5.90. The Balaban J connectivity index is 1.61. The third-order valence-electron chi connectivity index (χ3n) is 4.37. The van der Waals surface area contributed by atoms with Gasteiger partial charge in [-0.15, -0.1) is 0 Å². The molecule has 2 heterocycles. The zero-order chi connectivity index (χ0) is 17.1. The Morgan fingerprint density at radius 2 is 1.92 bits per heavy atom. The van der Waals surface area contributed by atoms with Crippen LogP contribution >= 0.6 is 11.6 Å². The van der Waals surface area contributed by atoms with E-state index in [1.165, 1.54) is 10.4 Å². The van der Waals surface area contributed by atoms with Crippen molar-refractivity contribution in [3.63, 3.8) is 0 Å². The first-order chi connectivity index (χ1) is 11.6. The third kappa shape index (κ3) is 3.48. The van der Waals surface area contributed by atoms with Crippen LogP contribution in [0.25, 0.3) is 0 Å². The minimum absolute atomic E-state index is 0.199. The topological polar surface area (TPSA) is 59.4 Å². The summed E-state index contributed by atoms with van der Waals surface area (Å²) in [4.78, 5) is 14.2. The lowest BCUT2D eigenvalue weighted by Crippen LogP contribution is -2.39. The maximum atomic E-state index is 11.8. The van der Waals surface area contributed by atoms with Crippen LogP contribution < -0.4 is 20.5 Å². The van der Waals surface area contributed by atoms with Crippen LogP contribution in [0.5, 0.6) is 5.75 Å². The first kappa shape index (κ1) is 16.6. The molecule has 3 rings (SSSR count). The van der Waals surface area contributed by atoms with Crippen LogP contribution in [0.15, 0.2) is 35.3 Å². The number of nitrogens with zero attached hydrogens (tertiary/aromatic N) is 3. The van der Waals surface area contributed by atoms with Gasteiger partial charge in [-0.25, -0.2) is 4.68 Å². The number of methoxy groups -OCH3 is 1. The molecule has 1 aromatic carbocycles. The van der Waals surface area contributed by atoms with Crippen molar-refractivity contribution in [1.82, 2.24) is 9.78 Å². The number of piperidine rings is 1. The van der Waals surface area contributed by atoms with Crippen LogP contribution in [0.4, 0.5) is 11.4 Å². The second kappa shape index (κ2) is 7.13. The third-order valence-corrected chi connectivity index (χ3v) is 4.74. The Labute approximate surface area is 146 Å². The fraction of sp³-hybridized carbons (Fsp3) is 0.412. The van der Waals surface area contributed by atoms with Crippen molar-refractivity contribution in [2.75, 3.05) is 30.4 Å². The van der Waals surface area contributed by atoms with Crippen molar-refractivity contribution in [2.45, 2.75) is 18.9 Å². The van der Waals surface area contributed by atoms with Gasteiger partial charge in [-0.05, 0) is 37.1 Å². The molecule has 6 nitrogen and oxygen atoms in total. The Hall–Kier alpha value is -2.21. The van der Waals surface area contributed by atoms with E-state index in [2.05, 4.69) is 27.4 Å². The Kier molecular flexibility index (Phi) is 4.94. The Bertz CT molecular complexity index is 752. The average Bonchev–Trinajstić information content (AvgIpc) is 2.63. The molecule has 0 unspecified atom stereocenters. The summed E-state index contributed by atoms with van der Waals surface area (Å²) in [6, 6.07) is 8.39. The lowest BCUT2D eigenvalue weighted by atomic mass is 10.0. The van der Waals surface area contributed by atoms with Gasteiger partial charge >= 0.3 is 0 Å². The molecular weight excluding hydrogens is 328 g/mol. The maximum absolute atomic E-state index is 11.8. The molecule has 2 aromatic rings. The molecule has 1 fully saturated rings. The number of benzene rings is 1. The highest BCUT2D eigenvalue weighted by atomic mass is 35.5. The van der Waals surface area contributed by atoms with Gasteiger partial charge in [0.15, 0.2) is 0 Å². The van der Waals surface area contributed by atoms with Crippen LogP contribution in [-0.2, 0) is 7.05 Å². The molecular formula is C17H21ClN4O2. The minimum Gasteiger partial charge on any atom is -0.497 e. The summed E-state index contributed by atoms with van der Waals surface area (Å²) in [5.41, 5.74) is 1.53. The van der Waals surface area contributed by atoms with Gasteiger partial charge in [0.25, 0.3) is 5.56 Å². The van der Waals surface area contributed by atoms with Crippen molar-refractivity contribution < 1.29 is 4.74 Å². The number of hydrogen-bond acceptors (Lipinski definition) is 5. The Morgan fingerprint density at radius 3 is 2.54 bits per heavy atom. The van der Waals surface area contributed by atoms with Crippen molar-refractivity contribution in [2.24, 2.45) is 7.05 Å². The molecule has 24 heavy (non-hydrogen) atoms. The van der Waals surface area contributed by atoms with Gasteiger partial charge in [0.1, 0.15) is 10.8 Å². The predicted octanol–water partition coefficient (Wildman–Crippen LogP) is 2.52. The lowest BCUT2D eigenvalue weighted by Gasteiger charge is -2.34. The highest BCUT2D eigenvalue weighted by Crippen LogP contribution is 2.25. The molecule has 1 aliphatic heterocycles. The number of hydrogen-bond donors (Lipinski definition) is 1. The van der Waals surface area contributed by atoms with E-state index in [0.717, 1.165) is 31.7 Å². The monoisotopic (exact) mass is 348 g/mol. The van der Waals surface area contributed by atoms with E-state index in [1.807, 2.05) is 12.1 Å². The van der Waals surface area contributed by atoms with Gasteiger partial charge in [-0.3, -0.25) is 4.79 Å². The van der Waals surface area contributed by atoms with E-state index >= 15 is 0 Å². The molecule has 1 N–H and O–H groups in total. The largest absolute Gasteiger partial charge is 0.497 e. The summed E-state index contributed by atoms with van der Waals surface area (Å²) < 4.78 is 6.43. The van der Waals surface area contributed by atoms with E-state index in [4.69, 9.17) is 16.3 Å². The number of aromatic nitrogens is 2. The van der Waals surface area contributed by atoms with Crippen LogP contribution in [-0.4, -0.2) is 36.0 Å². The molecule has 0 aliphatic carbocycles. The molecule has 1 aliphatic rings. The molecule has 7 heteroatoms. The number of ether oxygens (including phenoxy) is 1. The molecule has 0 bridgehead atoms. The molecule has 0 radical (unpaired) electrons. The van der Waals surface area contributed by atoms with Gasteiger partial charge in [0.05, 0.1) is 19.0 Å². The lowest BCUT2D eigenvalue weighted by molar-refractivity contribution is 0.414. The van der Waals surface area contributed by atoms with Gasteiger partial charge in [0.2, 0.25) is 0 Å². The summed E-state index contributed by atoms with van der Waals surface area (Å²) in [7, 11) is 3.26. The zero-order valence-electron chi connectivity index (χ0n) is 13.8. The molecule has 1 aromatic heterocycles. The molecule has 0 atom stereocenters. The van der Waals surface area contributed by atoms with Gasteiger partial charge in [-0.1, -0.05) is 11.6 Å². The highest BCUT2D eigenvalue weighted by molar-refractivity contribution is 6.32. The fourth-order valence-corrected chi connectivity index (χ4v) is 3.13. The first-order valence-electron chi connectivity index (χ1n) is 7.96. The molecule has 0 saturated carbocycles.